The molecule has 0 saturated carbocycles. The average Bonchev–Trinajstić information content (AvgIpc) is 3.02. The minimum atomic E-state index is -0.450. The third-order valence-corrected chi connectivity index (χ3v) is 5.14. The molecule has 0 aliphatic rings. The summed E-state index contributed by atoms with van der Waals surface area (Å²) in [5.74, 6) is -0.164. The number of benzene rings is 1. The molecule has 1 heterocycles. The van der Waals surface area contributed by atoms with E-state index in [0.29, 0.717) is 0 Å². The van der Waals surface area contributed by atoms with E-state index in [2.05, 4.69) is 15.6 Å². The number of aromatic nitrogens is 1. The Kier molecular flexibility index (Phi) is 6.61. The first-order chi connectivity index (χ1) is 11.1. The Balaban J connectivity index is 1.81. The van der Waals surface area contributed by atoms with Gasteiger partial charge in [-0.3, -0.25) is 10.1 Å². The van der Waals surface area contributed by atoms with Crippen LogP contribution < -0.4 is 10.6 Å². The van der Waals surface area contributed by atoms with Gasteiger partial charge in [0.15, 0.2) is 4.34 Å². The zero-order chi connectivity index (χ0) is 16.7. The Morgan fingerprint density at radius 1 is 1.30 bits per heavy atom. The predicted molar refractivity (Wildman–Crippen MR) is 94.7 cm³/mol. The Labute approximate surface area is 143 Å². The lowest BCUT2D eigenvalue weighted by Crippen LogP contribution is -2.43. The van der Waals surface area contributed by atoms with E-state index in [1.54, 1.807) is 0 Å². The van der Waals surface area contributed by atoms with Crippen LogP contribution in [-0.2, 0) is 4.79 Å². The lowest BCUT2D eigenvalue weighted by molar-refractivity contribution is -0.117. The maximum atomic E-state index is 11.8. The normalized spacial score (nSPS) is 11.7. The summed E-state index contributed by atoms with van der Waals surface area (Å²) in [6.07, 6.45) is 0.817. The van der Waals surface area contributed by atoms with Gasteiger partial charge >= 0.3 is 6.03 Å². The topological polar surface area (TPSA) is 71.1 Å². The number of nitrogens with zero attached hydrogens (tertiary/aromatic N) is 1. The van der Waals surface area contributed by atoms with Crippen LogP contribution in [0.25, 0.3) is 11.3 Å². The van der Waals surface area contributed by atoms with Crippen molar-refractivity contribution in [2.24, 2.45) is 0 Å². The summed E-state index contributed by atoms with van der Waals surface area (Å²) in [7, 11) is 0. The molecule has 3 amide bonds. The van der Waals surface area contributed by atoms with Gasteiger partial charge in [-0.2, -0.15) is 0 Å². The maximum Gasteiger partial charge on any atom is 0.321 e. The van der Waals surface area contributed by atoms with Gasteiger partial charge in [0.2, 0.25) is 5.91 Å². The third kappa shape index (κ3) is 5.69. The smallest absolute Gasteiger partial charge is 0.321 e. The van der Waals surface area contributed by atoms with Crippen LogP contribution in [0, 0.1) is 0 Å². The summed E-state index contributed by atoms with van der Waals surface area (Å²) < 4.78 is 0.807. The lowest BCUT2D eigenvalue weighted by atomic mass is 10.2. The molecule has 7 heteroatoms. The van der Waals surface area contributed by atoms with Crippen molar-refractivity contribution in [3.05, 3.63) is 35.7 Å². The Morgan fingerprint density at radius 3 is 2.74 bits per heavy atom. The fourth-order valence-corrected chi connectivity index (χ4v) is 3.35. The number of imide groups is 1. The van der Waals surface area contributed by atoms with Crippen molar-refractivity contribution in [2.75, 3.05) is 5.75 Å². The second kappa shape index (κ2) is 8.69. The highest BCUT2D eigenvalue weighted by Gasteiger charge is 2.11. The lowest BCUT2D eigenvalue weighted by Gasteiger charge is -2.11. The minimum absolute atomic E-state index is 0.0443. The molecule has 0 fully saturated rings. The highest BCUT2D eigenvalue weighted by molar-refractivity contribution is 8.01. The van der Waals surface area contributed by atoms with Crippen LogP contribution in [0.15, 0.2) is 40.1 Å². The van der Waals surface area contributed by atoms with Crippen LogP contribution in [0.2, 0.25) is 0 Å². The van der Waals surface area contributed by atoms with Crippen LogP contribution in [0.5, 0.6) is 0 Å². The molecule has 23 heavy (non-hydrogen) atoms. The van der Waals surface area contributed by atoms with Crippen LogP contribution in [0.4, 0.5) is 4.79 Å². The summed E-state index contributed by atoms with van der Waals surface area (Å²) in [6.45, 7) is 3.86. The van der Waals surface area contributed by atoms with Crippen molar-refractivity contribution in [3.8, 4) is 11.3 Å². The zero-order valence-corrected chi connectivity index (χ0v) is 14.7. The fraction of sp³-hybridized carbons (Fsp3) is 0.312. The number of rotatable bonds is 6. The highest BCUT2D eigenvalue weighted by Crippen LogP contribution is 2.27. The quantitative estimate of drug-likeness (QED) is 0.783. The van der Waals surface area contributed by atoms with Crippen molar-refractivity contribution in [3.63, 3.8) is 0 Å². The predicted octanol–water partition coefficient (Wildman–Crippen LogP) is 3.53. The molecule has 1 aromatic carbocycles. The molecule has 1 atom stereocenters. The highest BCUT2D eigenvalue weighted by atomic mass is 32.2. The molecule has 2 aromatic rings. The van der Waals surface area contributed by atoms with Crippen LogP contribution in [0.1, 0.15) is 20.3 Å². The number of hydrogen-bond acceptors (Lipinski definition) is 5. The molecule has 2 rings (SSSR count). The Hall–Kier alpha value is -1.86. The standard InChI is InChI=1S/C16H19N3O2S2/c1-3-11(2)17-15(21)19-14(20)10-23-16-18-13(9-22-16)12-7-5-4-6-8-12/h4-9,11H,3,10H2,1-2H3,(H2,17,19,20,21)/t11-/m0/s1. The van der Waals surface area contributed by atoms with Crippen molar-refractivity contribution in [1.29, 1.82) is 0 Å². The van der Waals surface area contributed by atoms with Crippen LogP contribution in [0.3, 0.4) is 0 Å². The minimum Gasteiger partial charge on any atom is -0.335 e. The molecule has 0 aliphatic heterocycles. The summed E-state index contributed by atoms with van der Waals surface area (Å²) in [5, 5.41) is 6.98. The summed E-state index contributed by atoms with van der Waals surface area (Å²) in [5.41, 5.74) is 1.95. The van der Waals surface area contributed by atoms with Gasteiger partial charge in [-0.25, -0.2) is 9.78 Å². The Bertz CT molecular complexity index is 658. The molecule has 5 nitrogen and oxygen atoms in total. The van der Waals surface area contributed by atoms with Crippen molar-refractivity contribution in [2.45, 2.75) is 30.6 Å². The van der Waals surface area contributed by atoms with E-state index in [4.69, 9.17) is 0 Å². The number of thiazole rings is 1. The number of amides is 3. The molecule has 1 aromatic heterocycles. The Morgan fingerprint density at radius 2 is 2.04 bits per heavy atom. The summed E-state index contributed by atoms with van der Waals surface area (Å²) >= 11 is 2.82. The van der Waals surface area contributed by atoms with Gasteiger partial charge < -0.3 is 5.32 Å². The molecule has 0 unspecified atom stereocenters. The molecule has 0 radical (unpaired) electrons. The third-order valence-electron chi connectivity index (χ3n) is 3.12. The van der Waals surface area contributed by atoms with Crippen molar-refractivity contribution in [1.82, 2.24) is 15.6 Å². The van der Waals surface area contributed by atoms with Crippen molar-refractivity contribution < 1.29 is 9.59 Å². The maximum absolute atomic E-state index is 11.8. The van der Waals surface area contributed by atoms with E-state index >= 15 is 0 Å². The van der Waals surface area contributed by atoms with Crippen LogP contribution >= 0.6 is 23.1 Å². The molecule has 0 saturated heterocycles. The molecule has 122 valence electrons. The van der Waals surface area contributed by atoms with Gasteiger partial charge in [-0.15, -0.1) is 11.3 Å². The van der Waals surface area contributed by atoms with Gasteiger partial charge in [-0.1, -0.05) is 49.0 Å². The number of carbonyl (C=O) groups excluding carboxylic acids is 2. The monoisotopic (exact) mass is 349 g/mol. The first kappa shape index (κ1) is 17.5. The molecule has 2 N–H and O–H groups in total. The van der Waals surface area contributed by atoms with E-state index in [1.807, 2.05) is 49.6 Å². The number of carbonyl (C=O) groups is 2. The number of thioether (sulfide) groups is 1. The largest absolute Gasteiger partial charge is 0.335 e. The van der Waals surface area contributed by atoms with Gasteiger partial charge in [0.05, 0.1) is 11.4 Å². The van der Waals surface area contributed by atoms with Crippen LogP contribution in [-0.4, -0.2) is 28.7 Å². The molecule has 0 bridgehead atoms. The van der Waals surface area contributed by atoms with Gasteiger partial charge in [-0.05, 0) is 13.3 Å². The molecule has 0 spiro atoms. The first-order valence-electron chi connectivity index (χ1n) is 7.32. The van der Waals surface area contributed by atoms with Gasteiger partial charge in [0.1, 0.15) is 0 Å². The summed E-state index contributed by atoms with van der Waals surface area (Å²) in [6, 6.07) is 9.47. The van der Waals surface area contributed by atoms with E-state index in [-0.39, 0.29) is 17.7 Å². The van der Waals surface area contributed by atoms with E-state index in [9.17, 15) is 9.59 Å². The number of hydrogen-bond donors (Lipinski definition) is 2. The van der Waals surface area contributed by atoms with E-state index in [1.165, 1.54) is 23.1 Å². The first-order valence-corrected chi connectivity index (χ1v) is 9.19. The molecular formula is C16H19N3O2S2. The van der Waals surface area contributed by atoms with E-state index < -0.39 is 6.03 Å². The van der Waals surface area contributed by atoms with Gasteiger partial charge in [0, 0.05) is 17.0 Å². The van der Waals surface area contributed by atoms with Crippen molar-refractivity contribution >= 4 is 35.0 Å². The average molecular weight is 349 g/mol. The van der Waals surface area contributed by atoms with E-state index in [0.717, 1.165) is 22.0 Å². The summed E-state index contributed by atoms with van der Waals surface area (Å²) in [4.78, 5) is 27.8. The fourth-order valence-electron chi connectivity index (χ4n) is 1.72. The second-order valence-electron chi connectivity index (χ2n) is 4.98. The number of nitrogens with one attached hydrogen (secondary N) is 2. The number of urea groups is 1. The second-order valence-corrected chi connectivity index (χ2v) is 7.06. The molecule has 0 aliphatic carbocycles. The van der Waals surface area contributed by atoms with Gasteiger partial charge in [0.25, 0.3) is 0 Å². The zero-order valence-electron chi connectivity index (χ0n) is 13.0. The molecular weight excluding hydrogens is 330 g/mol. The SMILES string of the molecule is CC[C@H](C)NC(=O)NC(=O)CSc1nc(-c2ccccc2)cs1.